The highest BCUT2D eigenvalue weighted by molar-refractivity contribution is 7.18. The molecule has 1 heterocycles. The molecular formula is C12H13ClN2S. The molecule has 0 radical (unpaired) electrons. The molecule has 2 nitrogen and oxygen atoms in total. The third-order valence-electron chi connectivity index (χ3n) is 3.24. The van der Waals surface area contributed by atoms with E-state index in [4.69, 9.17) is 17.3 Å². The lowest BCUT2D eigenvalue weighted by molar-refractivity contribution is 0.426. The minimum Gasteiger partial charge on any atom is -0.319 e. The van der Waals surface area contributed by atoms with Gasteiger partial charge in [0.05, 0.1) is 15.8 Å². The molecule has 4 heteroatoms. The van der Waals surface area contributed by atoms with Crippen molar-refractivity contribution in [2.24, 2.45) is 11.7 Å². The van der Waals surface area contributed by atoms with Gasteiger partial charge < -0.3 is 5.73 Å². The Bertz CT molecular complexity index is 543. The highest BCUT2D eigenvalue weighted by Crippen LogP contribution is 2.45. The normalized spacial score (nSPS) is 19.9. The maximum Gasteiger partial charge on any atom is 0.114 e. The van der Waals surface area contributed by atoms with Crippen molar-refractivity contribution in [2.45, 2.75) is 25.3 Å². The van der Waals surface area contributed by atoms with Gasteiger partial charge in [-0.1, -0.05) is 11.6 Å². The first-order valence-corrected chi connectivity index (χ1v) is 6.62. The molecule has 1 aliphatic rings. The van der Waals surface area contributed by atoms with E-state index in [1.54, 1.807) is 11.3 Å². The molecule has 1 unspecified atom stereocenters. The number of benzene rings is 1. The van der Waals surface area contributed by atoms with E-state index in [-0.39, 0.29) is 5.54 Å². The summed E-state index contributed by atoms with van der Waals surface area (Å²) in [5.41, 5.74) is 7.09. The molecule has 2 N–H and O–H groups in total. The number of thiazole rings is 1. The maximum absolute atomic E-state index is 6.36. The molecule has 1 fully saturated rings. The summed E-state index contributed by atoms with van der Waals surface area (Å²) >= 11 is 7.63. The smallest absolute Gasteiger partial charge is 0.114 e. The lowest BCUT2D eigenvalue weighted by atomic mass is 9.99. The van der Waals surface area contributed by atoms with Gasteiger partial charge >= 0.3 is 0 Å². The third kappa shape index (κ3) is 1.63. The molecule has 0 amide bonds. The van der Waals surface area contributed by atoms with Gasteiger partial charge in [0.2, 0.25) is 0 Å². The summed E-state index contributed by atoms with van der Waals surface area (Å²) in [7, 11) is 0. The van der Waals surface area contributed by atoms with Crippen molar-refractivity contribution in [1.29, 1.82) is 0 Å². The van der Waals surface area contributed by atoms with Crippen LogP contribution < -0.4 is 5.73 Å². The van der Waals surface area contributed by atoms with Crippen molar-refractivity contribution >= 4 is 33.2 Å². The molecule has 2 aromatic rings. The Morgan fingerprint density at radius 2 is 2.25 bits per heavy atom. The topological polar surface area (TPSA) is 38.9 Å². The van der Waals surface area contributed by atoms with Crippen molar-refractivity contribution in [1.82, 2.24) is 4.98 Å². The fourth-order valence-corrected chi connectivity index (χ4v) is 3.37. The zero-order chi connectivity index (χ0) is 11.3. The molecule has 3 rings (SSSR count). The van der Waals surface area contributed by atoms with E-state index in [0.29, 0.717) is 5.92 Å². The predicted molar refractivity (Wildman–Crippen MR) is 68.9 cm³/mol. The molecular weight excluding hydrogens is 240 g/mol. The van der Waals surface area contributed by atoms with Crippen molar-refractivity contribution in [3.8, 4) is 0 Å². The van der Waals surface area contributed by atoms with Crippen LogP contribution in [0.3, 0.4) is 0 Å². The quantitative estimate of drug-likeness (QED) is 0.888. The van der Waals surface area contributed by atoms with Crippen LogP contribution in [-0.4, -0.2) is 4.98 Å². The molecule has 1 atom stereocenters. The highest BCUT2D eigenvalue weighted by atomic mass is 35.5. The number of fused-ring (bicyclic) bond motifs is 1. The second-order valence-corrected chi connectivity index (χ2v) is 6.16. The standard InChI is InChI=1S/C12H13ClN2S/c1-12(14,7-2-3-7)11-15-9-5-4-8(13)6-10(9)16-11/h4-7H,2-3,14H2,1H3. The highest BCUT2D eigenvalue weighted by Gasteiger charge is 2.41. The van der Waals surface area contributed by atoms with Gasteiger partial charge in [0.25, 0.3) is 0 Å². The lowest BCUT2D eigenvalue weighted by Crippen LogP contribution is -2.35. The van der Waals surface area contributed by atoms with Crippen molar-refractivity contribution in [2.75, 3.05) is 0 Å². The van der Waals surface area contributed by atoms with E-state index in [9.17, 15) is 0 Å². The Kier molecular flexibility index (Phi) is 2.25. The summed E-state index contributed by atoms with van der Waals surface area (Å²) in [6.07, 6.45) is 2.45. The van der Waals surface area contributed by atoms with Crippen LogP contribution in [0.2, 0.25) is 5.02 Å². The van der Waals surface area contributed by atoms with Gasteiger partial charge in [0.1, 0.15) is 5.01 Å². The molecule has 16 heavy (non-hydrogen) atoms. The summed E-state index contributed by atoms with van der Waals surface area (Å²) in [6.45, 7) is 2.09. The first-order valence-electron chi connectivity index (χ1n) is 5.43. The summed E-state index contributed by atoms with van der Waals surface area (Å²) < 4.78 is 1.12. The molecule has 0 saturated heterocycles. The van der Waals surface area contributed by atoms with Gasteiger partial charge in [0, 0.05) is 5.02 Å². The minimum absolute atomic E-state index is 0.268. The third-order valence-corrected chi connectivity index (χ3v) is 4.74. The largest absolute Gasteiger partial charge is 0.319 e. The Morgan fingerprint density at radius 1 is 1.50 bits per heavy atom. The SMILES string of the molecule is CC(N)(c1nc2ccc(Cl)cc2s1)C1CC1. The van der Waals surface area contributed by atoms with E-state index in [0.717, 1.165) is 20.2 Å². The molecule has 1 saturated carbocycles. The zero-order valence-electron chi connectivity index (χ0n) is 9.03. The van der Waals surface area contributed by atoms with Gasteiger partial charge in [-0.25, -0.2) is 4.98 Å². The number of aromatic nitrogens is 1. The van der Waals surface area contributed by atoms with Gasteiger partial charge in [-0.2, -0.15) is 0 Å². The maximum atomic E-state index is 6.36. The Morgan fingerprint density at radius 3 is 2.94 bits per heavy atom. The average Bonchev–Trinajstić information content (AvgIpc) is 2.99. The second-order valence-electron chi connectivity index (χ2n) is 4.69. The molecule has 1 aromatic heterocycles. The van der Waals surface area contributed by atoms with Crippen molar-refractivity contribution < 1.29 is 0 Å². The monoisotopic (exact) mass is 252 g/mol. The van der Waals surface area contributed by atoms with Crippen LogP contribution in [0.4, 0.5) is 0 Å². The second kappa shape index (κ2) is 3.42. The first kappa shape index (κ1) is 10.5. The van der Waals surface area contributed by atoms with E-state index in [1.165, 1.54) is 12.8 Å². The van der Waals surface area contributed by atoms with E-state index in [2.05, 4.69) is 11.9 Å². The summed E-state index contributed by atoms with van der Waals surface area (Å²) in [5, 5.41) is 1.79. The fraction of sp³-hybridized carbons (Fsp3) is 0.417. The number of hydrogen-bond acceptors (Lipinski definition) is 3. The number of nitrogens with zero attached hydrogens (tertiary/aromatic N) is 1. The minimum atomic E-state index is -0.268. The van der Waals surface area contributed by atoms with Gasteiger partial charge in [-0.15, -0.1) is 11.3 Å². The first-order chi connectivity index (χ1) is 7.57. The van der Waals surface area contributed by atoms with Crippen molar-refractivity contribution in [3.63, 3.8) is 0 Å². The molecule has 0 spiro atoms. The summed E-state index contributed by atoms with van der Waals surface area (Å²) in [6, 6.07) is 5.79. The van der Waals surface area contributed by atoms with Crippen LogP contribution in [0.1, 0.15) is 24.8 Å². The fourth-order valence-electron chi connectivity index (χ4n) is 1.99. The molecule has 0 aliphatic heterocycles. The van der Waals surface area contributed by atoms with Crippen LogP contribution in [0.25, 0.3) is 10.2 Å². The molecule has 1 aromatic carbocycles. The average molecular weight is 253 g/mol. The molecule has 1 aliphatic carbocycles. The number of hydrogen-bond donors (Lipinski definition) is 1. The van der Waals surface area contributed by atoms with E-state index >= 15 is 0 Å². The Labute approximate surface area is 103 Å². The Hall–Kier alpha value is -0.640. The number of halogens is 1. The van der Waals surface area contributed by atoms with E-state index in [1.807, 2.05) is 18.2 Å². The van der Waals surface area contributed by atoms with Crippen LogP contribution in [0.5, 0.6) is 0 Å². The van der Waals surface area contributed by atoms with Crippen LogP contribution >= 0.6 is 22.9 Å². The van der Waals surface area contributed by atoms with E-state index < -0.39 is 0 Å². The van der Waals surface area contributed by atoms with Gasteiger partial charge in [0.15, 0.2) is 0 Å². The number of nitrogens with two attached hydrogens (primary N) is 1. The lowest BCUT2D eigenvalue weighted by Gasteiger charge is -2.20. The Balaban J connectivity index is 2.11. The number of rotatable bonds is 2. The zero-order valence-corrected chi connectivity index (χ0v) is 10.6. The van der Waals surface area contributed by atoms with Crippen LogP contribution in [0, 0.1) is 5.92 Å². The summed E-state index contributed by atoms with van der Waals surface area (Å²) in [5.74, 6) is 0.600. The van der Waals surface area contributed by atoms with Crippen LogP contribution in [-0.2, 0) is 5.54 Å². The predicted octanol–water partition coefficient (Wildman–Crippen LogP) is 3.53. The molecule has 84 valence electrons. The van der Waals surface area contributed by atoms with Gasteiger partial charge in [-0.3, -0.25) is 0 Å². The van der Waals surface area contributed by atoms with Crippen LogP contribution in [0.15, 0.2) is 18.2 Å². The molecule has 0 bridgehead atoms. The van der Waals surface area contributed by atoms with Crippen molar-refractivity contribution in [3.05, 3.63) is 28.2 Å². The summed E-state index contributed by atoms with van der Waals surface area (Å²) in [4.78, 5) is 4.62. The van der Waals surface area contributed by atoms with Gasteiger partial charge in [-0.05, 0) is 43.9 Å².